The second kappa shape index (κ2) is 7.69. The Balaban J connectivity index is 1.90. The molecule has 2 atom stereocenters. The van der Waals surface area contributed by atoms with Crippen molar-refractivity contribution < 1.29 is 11.6 Å². The molecular formula is C21H26ClNO. The molecule has 24 heavy (non-hydrogen) atoms. The van der Waals surface area contributed by atoms with E-state index in [1.807, 2.05) is 49.4 Å². The lowest BCUT2D eigenvalue weighted by atomic mass is 9.88. The Labute approximate surface area is 157 Å². The van der Waals surface area contributed by atoms with Crippen molar-refractivity contribution in [3.05, 3.63) is 70.7 Å². The van der Waals surface area contributed by atoms with Crippen LogP contribution in [-0.2, 0) is 10.3 Å². The molecule has 1 aliphatic rings. The van der Waals surface area contributed by atoms with Gasteiger partial charge in [0.1, 0.15) is 5.60 Å². The van der Waals surface area contributed by atoms with Crippen LogP contribution < -0.4 is 0 Å². The fourth-order valence-electron chi connectivity index (χ4n) is 3.14. The summed E-state index contributed by atoms with van der Waals surface area (Å²) in [5.74, 6) is 0. The van der Waals surface area contributed by atoms with Gasteiger partial charge in [-0.3, -0.25) is 0 Å². The van der Waals surface area contributed by atoms with Gasteiger partial charge in [0, 0.05) is 21.7 Å². The molecule has 0 unspecified atom stereocenters. The van der Waals surface area contributed by atoms with Gasteiger partial charge in [-0.15, -0.1) is 0 Å². The molecule has 1 fully saturated rings. The van der Waals surface area contributed by atoms with Gasteiger partial charge in [0.05, 0.1) is 2.74 Å². The van der Waals surface area contributed by atoms with Crippen molar-refractivity contribution in [2.75, 3.05) is 20.1 Å². The van der Waals surface area contributed by atoms with Crippen LogP contribution in [-0.4, -0.2) is 31.0 Å². The van der Waals surface area contributed by atoms with Gasteiger partial charge in [-0.1, -0.05) is 54.1 Å². The number of hydrogen-bond acceptors (Lipinski definition) is 2. The summed E-state index contributed by atoms with van der Waals surface area (Å²) in [4.78, 5) is 1.41. The Hall–Kier alpha value is -1.35. The average Bonchev–Trinajstić information content (AvgIpc) is 3.10. The first-order valence-electron chi connectivity index (χ1n) is 10.8. The highest BCUT2D eigenvalue weighted by atomic mass is 35.5. The first-order valence-corrected chi connectivity index (χ1v) is 8.68. The summed E-state index contributed by atoms with van der Waals surface area (Å²) in [6.07, 6.45) is 1.37. The zero-order valence-corrected chi connectivity index (χ0v) is 14.6. The third-order valence-corrected chi connectivity index (χ3v) is 4.94. The molecule has 3 rings (SSSR count). The van der Waals surface area contributed by atoms with Crippen LogP contribution in [0.25, 0.3) is 0 Å². The highest BCUT2D eigenvalue weighted by Gasteiger charge is 2.30. The minimum atomic E-state index is -2.23. The number of rotatable bonds is 6. The van der Waals surface area contributed by atoms with E-state index in [4.69, 9.17) is 23.2 Å². The van der Waals surface area contributed by atoms with E-state index in [0.717, 1.165) is 17.5 Å². The number of hydrogen-bond donors (Lipinski definition) is 0. The van der Waals surface area contributed by atoms with Gasteiger partial charge in [-0.2, -0.15) is 0 Å². The maximum absolute atomic E-state index is 8.59. The summed E-state index contributed by atoms with van der Waals surface area (Å²) in [7, 11) is 0. The molecule has 0 spiro atoms. The highest BCUT2D eigenvalue weighted by molar-refractivity contribution is 6.30. The maximum Gasteiger partial charge on any atom is 0.115 e. The normalized spacial score (nSPS) is 25.1. The van der Waals surface area contributed by atoms with Crippen molar-refractivity contribution in [1.82, 2.24) is 4.90 Å². The summed E-state index contributed by atoms with van der Waals surface area (Å²) in [5.41, 5.74) is 0.528. The number of halogens is 1. The second-order valence-electron chi connectivity index (χ2n) is 6.35. The summed E-state index contributed by atoms with van der Waals surface area (Å²) in [6, 6.07) is 16.2. The number of nitrogens with zero attached hydrogens (tertiary/aromatic N) is 1. The molecular weight excluding hydrogens is 318 g/mol. The Bertz CT molecular complexity index is 812. The quantitative estimate of drug-likeness (QED) is 0.719. The lowest BCUT2D eigenvalue weighted by molar-refractivity contribution is -0.0117. The molecule has 1 heterocycles. The van der Waals surface area contributed by atoms with Gasteiger partial charge < -0.3 is 9.64 Å². The van der Waals surface area contributed by atoms with Gasteiger partial charge in [0.15, 0.2) is 0 Å². The zero-order chi connectivity index (χ0) is 21.3. The van der Waals surface area contributed by atoms with E-state index in [1.165, 1.54) is 4.90 Å². The molecule has 0 N–H and O–H groups in total. The van der Waals surface area contributed by atoms with Crippen molar-refractivity contribution in [2.45, 2.75) is 37.8 Å². The lowest BCUT2D eigenvalue weighted by Crippen LogP contribution is -2.31. The predicted molar refractivity (Wildman–Crippen MR) is 101 cm³/mol. The van der Waals surface area contributed by atoms with Crippen molar-refractivity contribution in [1.29, 1.82) is 0 Å². The van der Waals surface area contributed by atoms with Crippen molar-refractivity contribution in [2.24, 2.45) is 0 Å². The van der Waals surface area contributed by atoms with E-state index in [2.05, 4.69) is 0 Å². The molecule has 2 aromatic carbocycles. The molecule has 3 heteroatoms. The zero-order valence-electron chi connectivity index (χ0n) is 18.8. The Kier molecular flexibility index (Phi) is 3.87. The first kappa shape index (κ1) is 12.1. The molecule has 0 aromatic heterocycles. The largest absolute Gasteiger partial charge is 0.366 e. The molecule has 128 valence electrons. The van der Waals surface area contributed by atoms with E-state index < -0.39 is 19.1 Å². The first-order chi connectivity index (χ1) is 13.5. The molecule has 0 radical (unpaired) electrons. The van der Waals surface area contributed by atoms with Gasteiger partial charge in [0.25, 0.3) is 0 Å². The molecule has 0 saturated carbocycles. The van der Waals surface area contributed by atoms with Crippen LogP contribution in [0.15, 0.2) is 54.6 Å². The predicted octanol–water partition coefficient (Wildman–Crippen LogP) is 5.10. The van der Waals surface area contributed by atoms with Crippen LogP contribution in [0.3, 0.4) is 0 Å². The van der Waals surface area contributed by atoms with Crippen LogP contribution in [0.2, 0.25) is 5.02 Å². The maximum atomic E-state index is 8.59. The van der Waals surface area contributed by atoms with Crippen molar-refractivity contribution >= 4 is 11.6 Å². The van der Waals surface area contributed by atoms with Gasteiger partial charge in [-0.05, 0) is 63.0 Å². The molecule has 1 aliphatic heterocycles. The van der Waals surface area contributed by atoms with E-state index in [9.17, 15) is 0 Å². The highest BCUT2D eigenvalue weighted by Crippen LogP contribution is 2.34. The Morgan fingerprint density at radius 3 is 2.62 bits per heavy atom. The molecule has 2 aromatic rings. The summed E-state index contributed by atoms with van der Waals surface area (Å²) < 4.78 is 46.5. The molecule has 0 bridgehead atoms. The lowest BCUT2D eigenvalue weighted by Gasteiger charge is -2.32. The smallest absolute Gasteiger partial charge is 0.115 e. The van der Waals surface area contributed by atoms with Crippen molar-refractivity contribution in [3.63, 3.8) is 0 Å². The monoisotopic (exact) mass is 348 g/mol. The molecule has 1 saturated heterocycles. The molecule has 0 amide bonds. The van der Waals surface area contributed by atoms with Crippen LogP contribution in [0.4, 0.5) is 0 Å². The summed E-state index contributed by atoms with van der Waals surface area (Å²) in [6.45, 7) is -1.97. The molecule has 0 aliphatic carbocycles. The van der Waals surface area contributed by atoms with Gasteiger partial charge in [-0.25, -0.2) is 0 Å². The fraction of sp³-hybridized carbons (Fsp3) is 0.429. The fourth-order valence-corrected chi connectivity index (χ4v) is 3.26. The number of ether oxygens (including phenoxy) is 1. The minimum Gasteiger partial charge on any atom is -0.366 e. The summed E-state index contributed by atoms with van der Waals surface area (Å²) >= 11 is 6.04. The Morgan fingerprint density at radius 1 is 1.21 bits per heavy atom. The Morgan fingerprint density at radius 2 is 1.92 bits per heavy atom. The van der Waals surface area contributed by atoms with E-state index >= 15 is 0 Å². The van der Waals surface area contributed by atoms with Gasteiger partial charge in [0.2, 0.25) is 0 Å². The van der Waals surface area contributed by atoms with Crippen molar-refractivity contribution in [3.8, 4) is 0 Å². The standard InChI is InChI=1S/C21H26ClNO/c1-21(17-7-4-3-5-8-17,18-10-12-19(22)13-11-18)24-16-14-20-9-6-15-23(20)2/h3-5,7-8,10-13,20H,6,9,14-16H2,1-2H3/t20-,21-/m1/s1/i2D3,16D2. The second-order valence-corrected chi connectivity index (χ2v) is 6.78. The summed E-state index contributed by atoms with van der Waals surface area (Å²) in [5, 5.41) is 0.589. The number of likely N-dealkylation sites (tertiary alicyclic amines) is 1. The van der Waals surface area contributed by atoms with E-state index in [0.29, 0.717) is 18.0 Å². The number of benzene rings is 2. The van der Waals surface area contributed by atoms with Crippen LogP contribution in [0.5, 0.6) is 0 Å². The van der Waals surface area contributed by atoms with Crippen LogP contribution in [0.1, 0.15) is 44.2 Å². The van der Waals surface area contributed by atoms with E-state index in [1.54, 1.807) is 12.1 Å². The SMILES string of the molecule is [2H]C([2H])(C[C@H]1CCCN1C([2H])([2H])[2H])O[C@](C)(c1ccccc1)c1ccc(Cl)cc1. The third-order valence-electron chi connectivity index (χ3n) is 4.69. The van der Waals surface area contributed by atoms with E-state index in [-0.39, 0.29) is 12.5 Å². The molecule has 2 nitrogen and oxygen atoms in total. The van der Waals surface area contributed by atoms with Gasteiger partial charge >= 0.3 is 0 Å². The average molecular weight is 349 g/mol. The topological polar surface area (TPSA) is 12.5 Å². The minimum absolute atomic E-state index is 0.0125. The third kappa shape index (κ3) is 3.83. The van der Waals surface area contributed by atoms with Crippen LogP contribution >= 0.6 is 11.6 Å². The van der Waals surface area contributed by atoms with Crippen LogP contribution in [0, 0.1) is 0 Å².